The number of carbonyl (C=O) groups is 1. The van der Waals surface area contributed by atoms with E-state index in [0.717, 1.165) is 24.7 Å². The third kappa shape index (κ3) is 4.23. The standard InChI is InChI=1S/C16H21N5O3/c1-12-19-14(11-15(20-12)21-6-9-23-10-7-21)17-4-5-18-16(22)13-3-2-8-24-13/h2-3,8,11H,4-7,9-10H2,1H3,(H,18,22)(H,17,19,20). The summed E-state index contributed by atoms with van der Waals surface area (Å²) in [6.45, 7) is 5.98. The van der Waals surface area contributed by atoms with Crippen LogP contribution in [0.15, 0.2) is 28.9 Å². The molecule has 1 amide bonds. The normalized spacial score (nSPS) is 14.5. The zero-order valence-corrected chi connectivity index (χ0v) is 13.6. The Hall–Kier alpha value is -2.61. The van der Waals surface area contributed by atoms with Gasteiger partial charge in [-0.2, -0.15) is 0 Å². The molecule has 0 unspecified atom stereocenters. The van der Waals surface area contributed by atoms with Crippen molar-refractivity contribution in [3.05, 3.63) is 36.0 Å². The quantitative estimate of drug-likeness (QED) is 0.765. The molecule has 2 aromatic rings. The van der Waals surface area contributed by atoms with Gasteiger partial charge in [0.1, 0.15) is 17.5 Å². The molecule has 0 bridgehead atoms. The Bertz CT molecular complexity index is 668. The summed E-state index contributed by atoms with van der Waals surface area (Å²) in [6.07, 6.45) is 1.48. The molecule has 128 valence electrons. The molecular formula is C16H21N5O3. The Kier molecular flexibility index (Phi) is 5.27. The lowest BCUT2D eigenvalue weighted by Gasteiger charge is -2.28. The van der Waals surface area contributed by atoms with Gasteiger partial charge in [0.05, 0.1) is 19.5 Å². The van der Waals surface area contributed by atoms with Gasteiger partial charge in [-0.1, -0.05) is 0 Å². The second-order valence-electron chi connectivity index (χ2n) is 5.42. The SMILES string of the molecule is Cc1nc(NCCNC(=O)c2ccco2)cc(N2CCOCC2)n1. The first kappa shape index (κ1) is 16.3. The van der Waals surface area contributed by atoms with E-state index >= 15 is 0 Å². The smallest absolute Gasteiger partial charge is 0.287 e. The molecule has 3 rings (SSSR count). The molecule has 0 radical (unpaired) electrons. The molecule has 24 heavy (non-hydrogen) atoms. The van der Waals surface area contributed by atoms with Crippen molar-refractivity contribution in [1.82, 2.24) is 15.3 Å². The van der Waals surface area contributed by atoms with E-state index < -0.39 is 0 Å². The molecule has 8 nitrogen and oxygen atoms in total. The molecule has 1 saturated heterocycles. The first-order valence-electron chi connectivity index (χ1n) is 7.96. The number of hydrogen-bond donors (Lipinski definition) is 2. The van der Waals surface area contributed by atoms with Gasteiger partial charge in [0.2, 0.25) is 0 Å². The predicted octanol–water partition coefficient (Wildman–Crippen LogP) is 1.06. The largest absolute Gasteiger partial charge is 0.459 e. The molecule has 1 fully saturated rings. The number of nitrogens with zero attached hydrogens (tertiary/aromatic N) is 3. The average Bonchev–Trinajstić information content (AvgIpc) is 3.14. The molecule has 0 aromatic carbocycles. The fraction of sp³-hybridized carbons (Fsp3) is 0.438. The van der Waals surface area contributed by atoms with Crippen molar-refractivity contribution >= 4 is 17.5 Å². The molecular weight excluding hydrogens is 310 g/mol. The van der Waals surface area contributed by atoms with Crippen LogP contribution in [0.25, 0.3) is 0 Å². The number of amides is 1. The summed E-state index contributed by atoms with van der Waals surface area (Å²) in [4.78, 5) is 22.8. The van der Waals surface area contributed by atoms with Crippen LogP contribution in [0, 0.1) is 6.92 Å². The van der Waals surface area contributed by atoms with Crippen LogP contribution >= 0.6 is 0 Å². The van der Waals surface area contributed by atoms with Gasteiger partial charge in [0, 0.05) is 32.2 Å². The number of aromatic nitrogens is 2. The highest BCUT2D eigenvalue weighted by Gasteiger charge is 2.14. The lowest BCUT2D eigenvalue weighted by atomic mass is 10.4. The van der Waals surface area contributed by atoms with E-state index in [1.807, 2.05) is 13.0 Å². The number of morpholine rings is 1. The van der Waals surface area contributed by atoms with E-state index in [1.54, 1.807) is 12.1 Å². The van der Waals surface area contributed by atoms with Gasteiger partial charge in [-0.3, -0.25) is 4.79 Å². The second kappa shape index (κ2) is 7.78. The number of anilines is 2. The van der Waals surface area contributed by atoms with E-state index in [1.165, 1.54) is 6.26 Å². The summed E-state index contributed by atoms with van der Waals surface area (Å²) >= 11 is 0. The van der Waals surface area contributed by atoms with Crippen LogP contribution in [0.1, 0.15) is 16.4 Å². The monoisotopic (exact) mass is 331 g/mol. The Labute approximate surface area is 140 Å². The Balaban J connectivity index is 1.51. The van der Waals surface area contributed by atoms with Gasteiger partial charge in [0.15, 0.2) is 5.76 Å². The van der Waals surface area contributed by atoms with Crippen molar-refractivity contribution in [3.63, 3.8) is 0 Å². The van der Waals surface area contributed by atoms with E-state index in [2.05, 4.69) is 25.5 Å². The zero-order valence-electron chi connectivity index (χ0n) is 13.6. The fourth-order valence-electron chi connectivity index (χ4n) is 2.46. The van der Waals surface area contributed by atoms with Crippen LogP contribution < -0.4 is 15.5 Å². The predicted molar refractivity (Wildman–Crippen MR) is 89.3 cm³/mol. The number of carbonyl (C=O) groups excluding carboxylic acids is 1. The molecule has 2 N–H and O–H groups in total. The van der Waals surface area contributed by atoms with Gasteiger partial charge in [-0.15, -0.1) is 0 Å². The van der Waals surface area contributed by atoms with Gasteiger partial charge >= 0.3 is 0 Å². The van der Waals surface area contributed by atoms with Gasteiger partial charge in [0.25, 0.3) is 5.91 Å². The first-order valence-corrected chi connectivity index (χ1v) is 7.96. The van der Waals surface area contributed by atoms with Crippen molar-refractivity contribution in [2.45, 2.75) is 6.92 Å². The second-order valence-corrected chi connectivity index (χ2v) is 5.42. The van der Waals surface area contributed by atoms with Gasteiger partial charge in [-0.05, 0) is 19.1 Å². The van der Waals surface area contributed by atoms with Crippen LogP contribution in [0.2, 0.25) is 0 Å². The van der Waals surface area contributed by atoms with Crippen LogP contribution in [-0.4, -0.2) is 55.3 Å². The summed E-state index contributed by atoms with van der Waals surface area (Å²) < 4.78 is 10.4. The number of nitrogens with one attached hydrogen (secondary N) is 2. The molecule has 1 aliphatic rings. The molecule has 0 saturated carbocycles. The zero-order chi connectivity index (χ0) is 16.8. The number of ether oxygens (including phenoxy) is 1. The van der Waals surface area contributed by atoms with Gasteiger partial charge < -0.3 is 24.7 Å². The van der Waals surface area contributed by atoms with Crippen molar-refractivity contribution in [2.24, 2.45) is 0 Å². The minimum absolute atomic E-state index is 0.227. The Morgan fingerprint density at radius 3 is 2.88 bits per heavy atom. The Morgan fingerprint density at radius 1 is 1.29 bits per heavy atom. The number of hydrogen-bond acceptors (Lipinski definition) is 7. The maximum atomic E-state index is 11.8. The molecule has 8 heteroatoms. The van der Waals surface area contributed by atoms with E-state index in [0.29, 0.717) is 37.9 Å². The van der Waals surface area contributed by atoms with Crippen molar-refractivity contribution in [3.8, 4) is 0 Å². The first-order chi connectivity index (χ1) is 11.7. The van der Waals surface area contributed by atoms with E-state index in [-0.39, 0.29) is 5.91 Å². The highest BCUT2D eigenvalue weighted by atomic mass is 16.5. The lowest BCUT2D eigenvalue weighted by Crippen LogP contribution is -2.37. The highest BCUT2D eigenvalue weighted by molar-refractivity contribution is 5.91. The summed E-state index contributed by atoms with van der Waals surface area (Å²) in [5, 5.41) is 5.99. The molecule has 1 aliphatic heterocycles. The summed E-state index contributed by atoms with van der Waals surface area (Å²) in [6, 6.07) is 5.24. The molecule has 0 atom stereocenters. The minimum atomic E-state index is -0.227. The fourth-order valence-corrected chi connectivity index (χ4v) is 2.46. The van der Waals surface area contributed by atoms with Crippen LogP contribution in [0.3, 0.4) is 0 Å². The maximum absolute atomic E-state index is 11.8. The maximum Gasteiger partial charge on any atom is 0.287 e. The van der Waals surface area contributed by atoms with E-state index in [9.17, 15) is 4.79 Å². The molecule has 2 aromatic heterocycles. The summed E-state index contributed by atoms with van der Waals surface area (Å²) in [5.41, 5.74) is 0. The third-order valence-electron chi connectivity index (χ3n) is 3.62. The highest BCUT2D eigenvalue weighted by Crippen LogP contribution is 2.16. The average molecular weight is 331 g/mol. The van der Waals surface area contributed by atoms with Crippen LogP contribution in [0.5, 0.6) is 0 Å². The van der Waals surface area contributed by atoms with Crippen molar-refractivity contribution < 1.29 is 13.9 Å². The van der Waals surface area contributed by atoms with Crippen molar-refractivity contribution in [2.75, 3.05) is 49.6 Å². The number of furan rings is 1. The van der Waals surface area contributed by atoms with Gasteiger partial charge in [-0.25, -0.2) is 9.97 Å². The number of rotatable bonds is 6. The van der Waals surface area contributed by atoms with Crippen LogP contribution in [0.4, 0.5) is 11.6 Å². The third-order valence-corrected chi connectivity index (χ3v) is 3.62. The van der Waals surface area contributed by atoms with Crippen molar-refractivity contribution in [1.29, 1.82) is 0 Å². The Morgan fingerprint density at radius 2 is 2.12 bits per heavy atom. The summed E-state index contributed by atoms with van der Waals surface area (Å²) in [7, 11) is 0. The summed E-state index contributed by atoms with van der Waals surface area (Å²) in [5.74, 6) is 2.43. The number of aryl methyl sites for hydroxylation is 1. The van der Waals surface area contributed by atoms with Crippen LogP contribution in [-0.2, 0) is 4.74 Å². The lowest BCUT2D eigenvalue weighted by molar-refractivity contribution is 0.0927. The van der Waals surface area contributed by atoms with E-state index in [4.69, 9.17) is 9.15 Å². The molecule has 0 spiro atoms. The molecule has 0 aliphatic carbocycles. The minimum Gasteiger partial charge on any atom is -0.459 e. The molecule has 3 heterocycles. The topological polar surface area (TPSA) is 92.5 Å².